The van der Waals surface area contributed by atoms with Crippen LogP contribution in [0.4, 0.5) is 0 Å². The van der Waals surface area contributed by atoms with Crippen molar-refractivity contribution in [3.05, 3.63) is 60.7 Å². The van der Waals surface area contributed by atoms with Gasteiger partial charge in [-0.3, -0.25) is 0 Å². The number of allylic oxidation sites excluding steroid dienone is 1. The number of hydrogen-bond donors (Lipinski definition) is 0. The minimum Gasteiger partial charge on any atom is -0.445 e. The maximum atomic E-state index is 11.7. The number of carbonyl (C=O) groups excluding carboxylic acids is 1. The summed E-state index contributed by atoms with van der Waals surface area (Å²) in [6.45, 7) is 3.49. The van der Waals surface area contributed by atoms with Gasteiger partial charge >= 0.3 is 5.97 Å². The van der Waals surface area contributed by atoms with E-state index in [-0.39, 0.29) is 11.6 Å². The second-order valence-corrected chi connectivity index (χ2v) is 4.19. The van der Waals surface area contributed by atoms with Crippen LogP contribution in [0.5, 0.6) is 0 Å². The number of aryl methyl sites for hydroxylation is 2. The highest BCUT2D eigenvalue weighted by atomic mass is 16.6. The van der Waals surface area contributed by atoms with Crippen LogP contribution >= 0.6 is 0 Å². The number of rotatable bonds is 2. The second-order valence-electron chi connectivity index (χ2n) is 4.19. The molecule has 1 aliphatic heterocycles. The van der Waals surface area contributed by atoms with Gasteiger partial charge in [0.25, 0.3) is 5.90 Å². The van der Waals surface area contributed by atoms with Crippen molar-refractivity contribution in [2.24, 2.45) is 4.99 Å². The van der Waals surface area contributed by atoms with E-state index in [0.717, 1.165) is 5.92 Å². The van der Waals surface area contributed by atoms with Crippen molar-refractivity contribution in [2.75, 3.05) is 0 Å². The van der Waals surface area contributed by atoms with Crippen LogP contribution in [0.15, 0.2) is 21.2 Å². The first kappa shape index (κ1) is 12.1. The maximum absolute atomic E-state index is 11.7. The molecule has 0 spiro atoms. The Labute approximate surface area is 111 Å². The van der Waals surface area contributed by atoms with Gasteiger partial charge in [0, 0.05) is 12.8 Å². The summed E-state index contributed by atoms with van der Waals surface area (Å²) in [5.41, 5.74) is 0.734. The quantitative estimate of drug-likeness (QED) is 0.598. The second kappa shape index (κ2) is 4.64. The largest absolute Gasteiger partial charge is 0.445 e. The van der Waals surface area contributed by atoms with Gasteiger partial charge in [-0.15, -0.1) is 0 Å². The average Bonchev–Trinajstić information content (AvgIpc) is 3.03. The summed E-state index contributed by atoms with van der Waals surface area (Å²) >= 11 is 0. The molecule has 5 nitrogen and oxygen atoms in total. The average molecular weight is 255 g/mol. The topological polar surface area (TPSA) is 64.7 Å². The van der Waals surface area contributed by atoms with E-state index in [1.807, 2.05) is 25.7 Å². The van der Waals surface area contributed by atoms with Gasteiger partial charge in [0.1, 0.15) is 11.5 Å². The van der Waals surface area contributed by atoms with E-state index in [2.05, 4.69) is 9.98 Å². The Bertz CT molecular complexity index is 578. The summed E-state index contributed by atoms with van der Waals surface area (Å²) < 4.78 is 10.4. The normalized spacial score (nSPS) is 22.1. The minimum absolute atomic E-state index is 0.192. The van der Waals surface area contributed by atoms with Crippen LogP contribution in [0.2, 0.25) is 0 Å². The smallest absolute Gasteiger partial charge is 0.363 e. The number of esters is 1. The monoisotopic (exact) mass is 255 g/mol. The fraction of sp³-hybridized carbons (Fsp3) is 0.143. The first-order chi connectivity index (χ1) is 9.13. The van der Waals surface area contributed by atoms with Crippen molar-refractivity contribution in [2.45, 2.75) is 13.8 Å². The van der Waals surface area contributed by atoms with E-state index in [1.54, 1.807) is 19.9 Å². The zero-order valence-corrected chi connectivity index (χ0v) is 10.5. The van der Waals surface area contributed by atoms with Gasteiger partial charge in [-0.05, 0) is 38.7 Å². The number of hydrogen-bond acceptors (Lipinski definition) is 5. The van der Waals surface area contributed by atoms with Crippen molar-refractivity contribution in [1.29, 1.82) is 0 Å². The van der Waals surface area contributed by atoms with Crippen LogP contribution in [-0.2, 0) is 9.53 Å². The summed E-state index contributed by atoms with van der Waals surface area (Å²) in [5, 5.41) is 0. The molecule has 5 heteroatoms. The fourth-order valence-corrected chi connectivity index (χ4v) is 1.88. The molecule has 1 saturated carbocycles. The van der Waals surface area contributed by atoms with Crippen LogP contribution < -0.4 is 0 Å². The summed E-state index contributed by atoms with van der Waals surface area (Å²) in [6.07, 6.45) is 9.24. The highest BCUT2D eigenvalue weighted by molar-refractivity contribution is 6.10. The summed E-state index contributed by atoms with van der Waals surface area (Å²) in [7, 11) is 0. The number of oxazole rings is 1. The first-order valence-corrected chi connectivity index (χ1v) is 5.82. The number of aromatic nitrogens is 1. The highest BCUT2D eigenvalue weighted by Crippen LogP contribution is 2.27. The van der Waals surface area contributed by atoms with Gasteiger partial charge in [-0.25, -0.2) is 14.8 Å². The molecule has 1 aromatic heterocycles. The summed E-state index contributed by atoms with van der Waals surface area (Å²) in [4.78, 5) is 20.1. The Kier molecular flexibility index (Phi) is 2.97. The van der Waals surface area contributed by atoms with Crippen LogP contribution in [0.25, 0.3) is 0 Å². The third-order valence-electron chi connectivity index (χ3n) is 2.72. The molecule has 5 radical (unpaired) electrons. The number of aliphatic imine (C=N–C) groups is 1. The van der Waals surface area contributed by atoms with E-state index < -0.39 is 5.97 Å². The molecular weight excluding hydrogens is 244 g/mol. The molecule has 19 heavy (non-hydrogen) atoms. The lowest BCUT2D eigenvalue weighted by atomic mass is 10.1. The molecule has 1 aliphatic carbocycles. The Morgan fingerprint density at radius 3 is 2.58 bits per heavy atom. The predicted octanol–water partition coefficient (Wildman–Crippen LogP) is 1.88. The van der Waals surface area contributed by atoms with Crippen molar-refractivity contribution in [3.8, 4) is 0 Å². The Morgan fingerprint density at radius 2 is 1.95 bits per heavy atom. The van der Waals surface area contributed by atoms with Gasteiger partial charge in [0.2, 0.25) is 0 Å². The van der Waals surface area contributed by atoms with E-state index in [0.29, 0.717) is 17.3 Å². The molecule has 0 amide bonds. The Balaban J connectivity index is 1.88. The van der Waals surface area contributed by atoms with E-state index in [9.17, 15) is 4.79 Å². The fourth-order valence-electron chi connectivity index (χ4n) is 1.88. The Morgan fingerprint density at radius 1 is 1.21 bits per heavy atom. The molecule has 0 bridgehead atoms. The molecule has 0 N–H and O–H groups in total. The van der Waals surface area contributed by atoms with E-state index in [4.69, 9.17) is 9.15 Å². The summed E-state index contributed by atoms with van der Waals surface area (Å²) in [5.74, 6) is 1.72. The SMILES string of the molecule is Cc1nc(C2=N/C(=C\[C]3[CH][CH][CH][CH]3)C(=O)O2)c(C)o1. The van der Waals surface area contributed by atoms with Crippen molar-refractivity contribution < 1.29 is 13.9 Å². The van der Waals surface area contributed by atoms with E-state index in [1.165, 1.54) is 0 Å². The molecule has 0 saturated heterocycles. The number of carbonyl (C=O) groups is 1. The van der Waals surface area contributed by atoms with Gasteiger partial charge in [-0.2, -0.15) is 0 Å². The Hall–Kier alpha value is -1.91. The molecule has 3 rings (SSSR count). The van der Waals surface area contributed by atoms with Gasteiger partial charge < -0.3 is 9.15 Å². The lowest BCUT2D eigenvalue weighted by Crippen LogP contribution is -2.07. The zero-order chi connectivity index (χ0) is 13.4. The van der Waals surface area contributed by atoms with Gasteiger partial charge in [-0.1, -0.05) is 0 Å². The number of nitrogens with zero attached hydrogens (tertiary/aromatic N) is 2. The van der Waals surface area contributed by atoms with Gasteiger partial charge in [0.05, 0.1) is 0 Å². The lowest BCUT2D eigenvalue weighted by Gasteiger charge is -1.98. The molecule has 1 aromatic rings. The molecule has 2 aliphatic rings. The van der Waals surface area contributed by atoms with Crippen LogP contribution in [0.3, 0.4) is 0 Å². The zero-order valence-electron chi connectivity index (χ0n) is 10.5. The minimum atomic E-state index is -0.476. The van der Waals surface area contributed by atoms with Crippen molar-refractivity contribution in [3.63, 3.8) is 0 Å². The molecule has 0 unspecified atom stereocenters. The van der Waals surface area contributed by atoms with Gasteiger partial charge in [0.15, 0.2) is 11.6 Å². The summed E-state index contributed by atoms with van der Waals surface area (Å²) in [6, 6.07) is 0. The van der Waals surface area contributed by atoms with Crippen LogP contribution in [0, 0.1) is 45.4 Å². The number of ether oxygens (including phenoxy) is 1. The third kappa shape index (κ3) is 2.32. The number of cyclic esters (lactones) is 1. The van der Waals surface area contributed by atoms with Crippen LogP contribution in [0.1, 0.15) is 17.3 Å². The molecule has 0 aromatic carbocycles. The molecule has 95 valence electrons. The lowest BCUT2D eigenvalue weighted by molar-refractivity contribution is -0.130. The van der Waals surface area contributed by atoms with Crippen LogP contribution in [-0.4, -0.2) is 16.9 Å². The third-order valence-corrected chi connectivity index (χ3v) is 2.72. The van der Waals surface area contributed by atoms with Crippen molar-refractivity contribution in [1.82, 2.24) is 4.98 Å². The first-order valence-electron chi connectivity index (χ1n) is 5.82. The molecule has 0 atom stereocenters. The predicted molar refractivity (Wildman–Crippen MR) is 67.1 cm³/mol. The standard InChI is InChI=1S/C14H11N2O3/c1-8-12(15-9(2)18-8)13-16-11(14(17)19-13)7-10-5-3-4-6-10/h3-7H,1-2H3/b11-7-. The highest BCUT2D eigenvalue weighted by Gasteiger charge is 2.29. The molecule has 2 heterocycles. The maximum Gasteiger partial charge on any atom is 0.363 e. The van der Waals surface area contributed by atoms with E-state index >= 15 is 0 Å². The molecule has 1 fully saturated rings. The molecular formula is C14H11N2O3. The van der Waals surface area contributed by atoms with Crippen molar-refractivity contribution >= 4 is 11.9 Å².